The van der Waals surface area contributed by atoms with E-state index in [-0.39, 0.29) is 0 Å². The minimum absolute atomic E-state index is 0.503. The number of hydrogen-bond donors (Lipinski definition) is 1. The van der Waals surface area contributed by atoms with Crippen LogP contribution in [0.4, 0.5) is 5.82 Å². The van der Waals surface area contributed by atoms with Gasteiger partial charge in [-0.05, 0) is 24.3 Å². The lowest BCUT2D eigenvalue weighted by Gasteiger charge is -2.18. The van der Waals surface area contributed by atoms with E-state index in [0.29, 0.717) is 11.7 Å². The van der Waals surface area contributed by atoms with Gasteiger partial charge in [0.05, 0.1) is 5.69 Å². The van der Waals surface area contributed by atoms with E-state index >= 15 is 0 Å². The molecule has 1 aliphatic rings. The molecule has 1 aromatic heterocycles. The van der Waals surface area contributed by atoms with Crippen molar-refractivity contribution in [2.45, 2.75) is 38.0 Å². The van der Waals surface area contributed by atoms with Crippen LogP contribution in [0, 0.1) is 0 Å². The number of hydrogen-bond acceptors (Lipinski definition) is 3. The summed E-state index contributed by atoms with van der Waals surface area (Å²) in [5.41, 5.74) is 11.0. The summed E-state index contributed by atoms with van der Waals surface area (Å²) in [6.45, 7) is 0. The van der Waals surface area contributed by atoms with Gasteiger partial charge in [-0.25, -0.2) is 9.97 Å². The maximum Gasteiger partial charge on any atom is 0.161 e. The van der Waals surface area contributed by atoms with Gasteiger partial charge in [-0.1, -0.05) is 73.5 Å². The summed E-state index contributed by atoms with van der Waals surface area (Å²) in [5, 5.41) is 0. The Bertz CT molecular complexity index is 838. The first-order chi connectivity index (χ1) is 12.3. The largest absolute Gasteiger partial charge is 0.383 e. The minimum Gasteiger partial charge on any atom is -0.383 e. The summed E-state index contributed by atoms with van der Waals surface area (Å²) >= 11 is 0. The van der Waals surface area contributed by atoms with Gasteiger partial charge < -0.3 is 5.73 Å². The fraction of sp³-hybridized carbons (Fsp3) is 0.273. The molecular formula is C22H23N3. The van der Waals surface area contributed by atoms with Crippen molar-refractivity contribution >= 4 is 5.82 Å². The van der Waals surface area contributed by atoms with Crippen molar-refractivity contribution in [1.82, 2.24) is 9.97 Å². The molecule has 1 heterocycles. The lowest BCUT2D eigenvalue weighted by atomic mass is 9.93. The summed E-state index contributed by atoms with van der Waals surface area (Å²) in [5.74, 6) is 1.89. The number of aromatic nitrogens is 2. The molecule has 0 amide bonds. The second kappa shape index (κ2) is 7.06. The van der Waals surface area contributed by atoms with Crippen molar-refractivity contribution in [2.75, 3.05) is 5.73 Å². The Hall–Kier alpha value is -2.68. The second-order valence-corrected chi connectivity index (χ2v) is 6.80. The summed E-state index contributed by atoms with van der Waals surface area (Å²) in [7, 11) is 0. The zero-order chi connectivity index (χ0) is 17.1. The molecule has 2 aromatic carbocycles. The van der Waals surface area contributed by atoms with Crippen LogP contribution in [0.15, 0.2) is 60.7 Å². The van der Waals surface area contributed by atoms with Gasteiger partial charge in [0.2, 0.25) is 0 Å². The van der Waals surface area contributed by atoms with Crippen LogP contribution in [0.5, 0.6) is 0 Å². The molecule has 1 saturated carbocycles. The quantitative estimate of drug-likeness (QED) is 0.735. The fourth-order valence-corrected chi connectivity index (χ4v) is 3.83. The molecule has 0 saturated heterocycles. The number of nitrogens with zero attached hydrogens (tertiary/aromatic N) is 2. The van der Waals surface area contributed by atoms with Crippen LogP contribution in [0.2, 0.25) is 0 Å². The number of rotatable bonds is 4. The van der Waals surface area contributed by atoms with E-state index in [9.17, 15) is 0 Å². The molecule has 0 unspecified atom stereocenters. The molecule has 0 radical (unpaired) electrons. The van der Waals surface area contributed by atoms with E-state index in [1.165, 1.54) is 36.8 Å². The highest BCUT2D eigenvalue weighted by atomic mass is 15.0. The summed E-state index contributed by atoms with van der Waals surface area (Å²) < 4.78 is 0. The lowest BCUT2D eigenvalue weighted by Crippen LogP contribution is -2.11. The first kappa shape index (κ1) is 15.8. The molecule has 1 aliphatic carbocycles. The van der Waals surface area contributed by atoms with Crippen LogP contribution < -0.4 is 5.73 Å². The first-order valence-electron chi connectivity index (χ1n) is 9.07. The Morgan fingerprint density at radius 3 is 2.16 bits per heavy atom. The number of nitrogen functional groups attached to an aromatic ring is 1. The third-order valence-corrected chi connectivity index (χ3v) is 5.06. The smallest absolute Gasteiger partial charge is 0.161 e. The van der Waals surface area contributed by atoms with Gasteiger partial charge in [-0.2, -0.15) is 0 Å². The predicted molar refractivity (Wildman–Crippen MR) is 102 cm³/mol. The van der Waals surface area contributed by atoms with Crippen LogP contribution in [-0.4, -0.2) is 9.97 Å². The Balaban J connectivity index is 1.80. The van der Waals surface area contributed by atoms with Gasteiger partial charge in [0.25, 0.3) is 0 Å². The third kappa shape index (κ3) is 3.41. The molecule has 0 spiro atoms. The molecule has 0 atom stereocenters. The molecule has 4 rings (SSSR count). The Morgan fingerprint density at radius 2 is 1.48 bits per heavy atom. The average molecular weight is 329 g/mol. The van der Waals surface area contributed by atoms with Crippen LogP contribution in [0.25, 0.3) is 11.4 Å². The molecule has 25 heavy (non-hydrogen) atoms. The van der Waals surface area contributed by atoms with Crippen LogP contribution in [0.3, 0.4) is 0 Å². The van der Waals surface area contributed by atoms with Crippen molar-refractivity contribution in [2.24, 2.45) is 0 Å². The molecular weight excluding hydrogens is 306 g/mol. The molecule has 3 aromatic rings. The average Bonchev–Trinajstić information content (AvgIpc) is 3.17. The fourth-order valence-electron chi connectivity index (χ4n) is 3.83. The van der Waals surface area contributed by atoms with Crippen molar-refractivity contribution in [3.8, 4) is 11.4 Å². The van der Waals surface area contributed by atoms with Gasteiger partial charge in [-0.15, -0.1) is 0 Å². The predicted octanol–water partition coefficient (Wildman–Crippen LogP) is 4.97. The Labute approximate surface area is 149 Å². The van der Waals surface area contributed by atoms with Crippen molar-refractivity contribution in [3.05, 3.63) is 77.5 Å². The molecule has 3 nitrogen and oxygen atoms in total. The normalized spacial score (nSPS) is 14.7. The van der Waals surface area contributed by atoms with Crippen molar-refractivity contribution in [3.63, 3.8) is 0 Å². The summed E-state index contributed by atoms with van der Waals surface area (Å²) in [6.07, 6.45) is 5.74. The van der Waals surface area contributed by atoms with E-state index in [0.717, 1.165) is 23.5 Å². The van der Waals surface area contributed by atoms with Crippen molar-refractivity contribution < 1.29 is 0 Å². The highest BCUT2D eigenvalue weighted by Gasteiger charge is 2.25. The monoisotopic (exact) mass is 329 g/mol. The number of benzene rings is 2. The van der Waals surface area contributed by atoms with Crippen LogP contribution >= 0.6 is 0 Å². The van der Waals surface area contributed by atoms with E-state index in [4.69, 9.17) is 10.7 Å². The third-order valence-electron chi connectivity index (χ3n) is 5.06. The summed E-state index contributed by atoms with van der Waals surface area (Å²) in [4.78, 5) is 9.61. The van der Waals surface area contributed by atoms with E-state index < -0.39 is 0 Å². The second-order valence-electron chi connectivity index (χ2n) is 6.80. The number of anilines is 1. The van der Waals surface area contributed by atoms with Crippen LogP contribution in [0.1, 0.15) is 48.4 Å². The standard InChI is InChI=1S/C22H23N3/c23-21-20(17-11-7-8-12-17)19(15-16-9-3-1-4-10-16)24-22(25-21)18-13-5-2-6-14-18/h1-6,9-10,13-14,17H,7-8,11-12,15H2,(H2,23,24,25). The Morgan fingerprint density at radius 1 is 0.840 bits per heavy atom. The molecule has 0 bridgehead atoms. The van der Waals surface area contributed by atoms with Gasteiger partial charge in [0, 0.05) is 17.5 Å². The highest BCUT2D eigenvalue weighted by Crippen LogP contribution is 2.39. The van der Waals surface area contributed by atoms with Crippen LogP contribution in [-0.2, 0) is 6.42 Å². The Kier molecular flexibility index (Phi) is 4.47. The maximum atomic E-state index is 6.44. The first-order valence-corrected chi connectivity index (χ1v) is 9.07. The van der Waals surface area contributed by atoms with Gasteiger partial charge in [0.1, 0.15) is 5.82 Å². The topological polar surface area (TPSA) is 51.8 Å². The molecule has 0 aliphatic heterocycles. The zero-order valence-corrected chi connectivity index (χ0v) is 14.4. The maximum absolute atomic E-state index is 6.44. The number of nitrogens with two attached hydrogens (primary N) is 1. The van der Waals surface area contributed by atoms with Gasteiger partial charge in [-0.3, -0.25) is 0 Å². The highest BCUT2D eigenvalue weighted by molar-refractivity contribution is 5.59. The molecule has 126 valence electrons. The molecule has 2 N–H and O–H groups in total. The van der Waals surface area contributed by atoms with E-state index in [2.05, 4.69) is 29.2 Å². The van der Waals surface area contributed by atoms with E-state index in [1.54, 1.807) is 0 Å². The molecule has 1 fully saturated rings. The summed E-state index contributed by atoms with van der Waals surface area (Å²) in [6, 6.07) is 20.6. The van der Waals surface area contributed by atoms with E-state index in [1.807, 2.05) is 36.4 Å². The van der Waals surface area contributed by atoms with Crippen molar-refractivity contribution in [1.29, 1.82) is 0 Å². The van der Waals surface area contributed by atoms with Gasteiger partial charge >= 0.3 is 0 Å². The zero-order valence-electron chi connectivity index (χ0n) is 14.4. The lowest BCUT2D eigenvalue weighted by molar-refractivity contribution is 0.705. The van der Waals surface area contributed by atoms with Gasteiger partial charge in [0.15, 0.2) is 5.82 Å². The molecule has 3 heteroatoms. The minimum atomic E-state index is 0.503. The SMILES string of the molecule is Nc1nc(-c2ccccc2)nc(Cc2ccccc2)c1C1CCCC1.